The van der Waals surface area contributed by atoms with Crippen LogP contribution < -0.4 is 26.2 Å². The number of fused-ring (bicyclic) bond motifs is 10. The minimum absolute atomic E-state index is 0.307. The third-order valence-electron chi connectivity index (χ3n) is 23.3. The van der Waals surface area contributed by atoms with E-state index in [0.29, 0.717) is 17.5 Å². The number of aromatic nitrogens is 3. The SMILES string of the molecule is c1ccc(-c2cc(-c3ccccc3)cc(-c3nc(-c4cc(-c5ccccc5)cc(-c5ccccc5)c4)nc(-c4cc5c6c(c4)N(c4cc(-c7ccccc7)cc(-c7ccccc7)c4)c4cc7c(ccc8ccccc87)cc4B6c4cc6ccc7ccccc7c6cc4N5c4cc(-c5ccccc5)cc(-c5ccccc5)c4)n3)c2)cc1. The van der Waals surface area contributed by atoms with Gasteiger partial charge in [0.05, 0.1) is 0 Å². The average molecular weight is 1460 g/mol. The van der Waals surface area contributed by atoms with Crippen LogP contribution in [0.5, 0.6) is 0 Å². The maximum Gasteiger partial charge on any atom is 0.252 e. The fourth-order valence-electron chi connectivity index (χ4n) is 17.8. The molecule has 534 valence electrons. The highest BCUT2D eigenvalue weighted by atomic mass is 15.2. The molecule has 1 aromatic heterocycles. The minimum Gasteiger partial charge on any atom is -0.311 e. The molecule has 0 bridgehead atoms. The number of anilines is 6. The van der Waals surface area contributed by atoms with Crippen LogP contribution in [0.2, 0.25) is 0 Å². The zero-order chi connectivity index (χ0) is 75.9. The summed E-state index contributed by atoms with van der Waals surface area (Å²) >= 11 is 0. The monoisotopic (exact) mass is 1460 g/mol. The number of benzene rings is 19. The van der Waals surface area contributed by atoms with Gasteiger partial charge >= 0.3 is 0 Å². The predicted molar refractivity (Wildman–Crippen MR) is 484 cm³/mol. The van der Waals surface area contributed by atoms with Crippen LogP contribution in [0.1, 0.15) is 0 Å². The largest absolute Gasteiger partial charge is 0.311 e. The van der Waals surface area contributed by atoms with Crippen molar-refractivity contribution in [2.75, 3.05) is 9.80 Å². The molecule has 0 fully saturated rings. The van der Waals surface area contributed by atoms with E-state index in [2.05, 4.69) is 434 Å². The average Bonchev–Trinajstić information content (AvgIpc) is 0.686. The first-order chi connectivity index (χ1) is 56.9. The van der Waals surface area contributed by atoms with E-state index in [4.69, 9.17) is 15.0 Å². The van der Waals surface area contributed by atoms with Crippen LogP contribution in [0.3, 0.4) is 0 Å². The summed E-state index contributed by atoms with van der Waals surface area (Å²) in [6.07, 6.45) is 0. The van der Waals surface area contributed by atoms with Crippen molar-refractivity contribution in [2.45, 2.75) is 0 Å². The third-order valence-corrected chi connectivity index (χ3v) is 23.3. The van der Waals surface area contributed by atoms with Crippen LogP contribution in [0, 0.1) is 0 Å². The molecule has 0 saturated carbocycles. The number of hydrogen-bond donors (Lipinski definition) is 0. The van der Waals surface area contributed by atoms with Crippen LogP contribution in [-0.2, 0) is 0 Å². The van der Waals surface area contributed by atoms with Gasteiger partial charge in [-0.1, -0.05) is 328 Å². The van der Waals surface area contributed by atoms with Gasteiger partial charge in [-0.05, 0) is 246 Å². The Morgan fingerprint density at radius 1 is 0.165 bits per heavy atom. The highest BCUT2D eigenvalue weighted by molar-refractivity contribution is 7.00. The van der Waals surface area contributed by atoms with Crippen molar-refractivity contribution in [3.63, 3.8) is 0 Å². The molecule has 0 aliphatic carbocycles. The number of hydrogen-bond acceptors (Lipinski definition) is 5. The number of nitrogens with zero attached hydrogens (tertiary/aromatic N) is 5. The Balaban J connectivity index is 0.904. The second-order valence-electron chi connectivity index (χ2n) is 30.2. The van der Waals surface area contributed by atoms with E-state index in [0.717, 1.165) is 145 Å². The van der Waals surface area contributed by atoms with Crippen LogP contribution in [0.15, 0.2) is 425 Å². The minimum atomic E-state index is -0.307. The van der Waals surface area contributed by atoms with Gasteiger partial charge in [-0.2, -0.15) is 0 Å². The Morgan fingerprint density at radius 2 is 0.400 bits per heavy atom. The molecule has 2 aliphatic rings. The third kappa shape index (κ3) is 12.1. The molecule has 6 heteroatoms. The molecule has 0 atom stereocenters. The maximum atomic E-state index is 5.98. The lowest BCUT2D eigenvalue weighted by atomic mass is 9.33. The Morgan fingerprint density at radius 3 is 0.687 bits per heavy atom. The van der Waals surface area contributed by atoms with Crippen molar-refractivity contribution in [1.82, 2.24) is 15.0 Å². The van der Waals surface area contributed by atoms with E-state index < -0.39 is 0 Å². The molecule has 19 aromatic carbocycles. The summed E-state index contributed by atoms with van der Waals surface area (Å²) in [6.45, 7) is -0.307. The lowest BCUT2D eigenvalue weighted by Gasteiger charge is -2.45. The number of rotatable bonds is 13. The molecular weight excluding hydrogens is 1390 g/mol. The van der Waals surface area contributed by atoms with Gasteiger partial charge in [0.2, 0.25) is 0 Å². The highest BCUT2D eigenvalue weighted by Gasteiger charge is 2.45. The van der Waals surface area contributed by atoms with Crippen LogP contribution >= 0.6 is 0 Å². The summed E-state index contributed by atoms with van der Waals surface area (Å²) in [5.41, 5.74) is 29.7. The van der Waals surface area contributed by atoms with Gasteiger partial charge in [0.15, 0.2) is 17.5 Å². The first-order valence-electron chi connectivity index (χ1n) is 39.5. The van der Waals surface area contributed by atoms with Crippen molar-refractivity contribution in [1.29, 1.82) is 0 Å². The van der Waals surface area contributed by atoms with Gasteiger partial charge in [0, 0.05) is 50.8 Å². The first-order valence-corrected chi connectivity index (χ1v) is 39.5. The van der Waals surface area contributed by atoms with Crippen molar-refractivity contribution >= 4 is 100 Å². The molecule has 0 N–H and O–H groups in total. The molecule has 115 heavy (non-hydrogen) atoms. The molecule has 2 aliphatic heterocycles. The first kappa shape index (κ1) is 66.8. The zero-order valence-corrected chi connectivity index (χ0v) is 62.7. The quantitative estimate of drug-likeness (QED) is 0.0850. The molecule has 20 aromatic rings. The molecule has 0 radical (unpaired) electrons. The summed E-state index contributed by atoms with van der Waals surface area (Å²) in [5, 5.41) is 9.43. The second kappa shape index (κ2) is 28.0. The van der Waals surface area contributed by atoms with Crippen LogP contribution in [0.25, 0.3) is 166 Å². The summed E-state index contributed by atoms with van der Waals surface area (Å²) in [5.74, 6) is 1.60. The molecule has 3 heterocycles. The normalized spacial score (nSPS) is 12.1. The van der Waals surface area contributed by atoms with Crippen molar-refractivity contribution < 1.29 is 0 Å². The summed E-state index contributed by atoms with van der Waals surface area (Å²) < 4.78 is 0. The molecule has 0 unspecified atom stereocenters. The van der Waals surface area contributed by atoms with Gasteiger partial charge < -0.3 is 9.80 Å². The van der Waals surface area contributed by atoms with Gasteiger partial charge in [0.25, 0.3) is 6.71 Å². The van der Waals surface area contributed by atoms with Crippen molar-refractivity contribution in [2.24, 2.45) is 0 Å². The summed E-state index contributed by atoms with van der Waals surface area (Å²) in [7, 11) is 0. The fourth-order valence-corrected chi connectivity index (χ4v) is 17.8. The molecule has 0 saturated heterocycles. The summed E-state index contributed by atoms with van der Waals surface area (Å²) in [4.78, 5) is 22.9. The molecule has 0 amide bonds. The van der Waals surface area contributed by atoms with Gasteiger partial charge in [-0.15, -0.1) is 0 Å². The fraction of sp³-hybridized carbons (Fsp3) is 0. The topological polar surface area (TPSA) is 45.2 Å². The van der Waals surface area contributed by atoms with E-state index in [1.807, 2.05) is 0 Å². The van der Waals surface area contributed by atoms with Crippen molar-refractivity contribution in [3.8, 4) is 123 Å². The lowest BCUT2D eigenvalue weighted by molar-refractivity contribution is 1.07. The predicted octanol–water partition coefficient (Wildman–Crippen LogP) is 26.9. The van der Waals surface area contributed by atoms with Crippen molar-refractivity contribution in [3.05, 3.63) is 425 Å². The van der Waals surface area contributed by atoms with Crippen LogP contribution in [0.4, 0.5) is 34.1 Å². The Kier molecular flexibility index (Phi) is 16.3. The van der Waals surface area contributed by atoms with Gasteiger partial charge in [0.1, 0.15) is 0 Å². The van der Waals surface area contributed by atoms with E-state index >= 15 is 0 Å². The molecule has 0 spiro atoms. The zero-order valence-electron chi connectivity index (χ0n) is 62.7. The van der Waals surface area contributed by atoms with Gasteiger partial charge in [-0.3, -0.25) is 0 Å². The molecular formula is C109H70BN5. The second-order valence-corrected chi connectivity index (χ2v) is 30.2. The van der Waals surface area contributed by atoms with E-state index in [1.54, 1.807) is 0 Å². The Hall–Kier alpha value is -15.1. The van der Waals surface area contributed by atoms with E-state index in [-0.39, 0.29) is 6.71 Å². The highest BCUT2D eigenvalue weighted by Crippen LogP contribution is 2.51. The summed E-state index contributed by atoms with van der Waals surface area (Å²) in [6, 6.07) is 156. The smallest absolute Gasteiger partial charge is 0.252 e. The van der Waals surface area contributed by atoms with Gasteiger partial charge in [-0.25, -0.2) is 15.0 Å². The Labute approximate surface area is 668 Å². The standard InChI is InChI=1S/C109H70BN5/c1-9-29-71(30-10-1)83-53-84(72-31-11-2-12-32-72)58-91(57-83)107-111-108(92-59-85(73-33-13-3-14-34-73)54-86(60-92)74-35-15-4-16-36-74)113-109(112-107)93-67-104-106-105(68-93)115(95-63-89(77-41-21-7-22-42-77)56-90(64-95)78-43-23-8-24-44-78)103-70-99-82(52-50-80-46-26-28-48-97(80)99)66-101(103)110(106)100-65-81-51-49-79-45-25-27-47-96(79)98(81)69-102(100)114(104)94-61-87(75-37-17-5-18-38-75)55-88(62-94)76-39-19-6-20-40-76/h1-70H. The Bertz CT molecular complexity index is 6530. The molecule has 22 rings (SSSR count). The van der Waals surface area contributed by atoms with E-state index in [1.165, 1.54) is 54.0 Å². The lowest BCUT2D eigenvalue weighted by Crippen LogP contribution is -2.61. The maximum absolute atomic E-state index is 5.98. The van der Waals surface area contributed by atoms with E-state index in [9.17, 15) is 0 Å². The van der Waals surface area contributed by atoms with Crippen LogP contribution in [-0.4, -0.2) is 21.7 Å². The molecule has 5 nitrogen and oxygen atoms in total.